The molecule has 0 aromatic heterocycles. The Kier molecular flexibility index (Phi) is 41.1. The number of carbonyl (C=O) groups is 2. The lowest BCUT2D eigenvalue weighted by molar-refractivity contribution is -0.151. The first-order valence-corrected chi connectivity index (χ1v) is 23.8. The number of hydrogen-bond acceptors (Lipinski definition) is 5. The fourth-order valence-electron chi connectivity index (χ4n) is 7.55. The molecular formula is C47H93NO5. The number of esters is 1. The van der Waals surface area contributed by atoms with Crippen LogP contribution in [-0.4, -0.2) is 46.9 Å². The standard InChI is InChI=1S/C47H93NO5/c1-4-7-10-13-16-19-21-22-23-24-25-28-31-34-37-40-47(52)53-43(38-35-32-29-26-18-15-12-9-6-3)41-46(51)48-44(42-49)45(50)39-36-33-30-27-20-17-14-11-8-5-2/h43-45,49-50H,4-42H2,1-3H3,(H,48,51). The molecule has 3 unspecified atom stereocenters. The van der Waals surface area contributed by atoms with Crippen LogP contribution in [0.15, 0.2) is 0 Å². The average molecular weight is 752 g/mol. The second-order valence-corrected chi connectivity index (χ2v) is 16.5. The number of carbonyl (C=O) groups excluding carboxylic acids is 2. The summed E-state index contributed by atoms with van der Waals surface area (Å²) in [5.74, 6) is -0.458. The molecule has 6 nitrogen and oxygen atoms in total. The Morgan fingerprint density at radius 1 is 0.472 bits per heavy atom. The molecule has 1 amide bonds. The minimum atomic E-state index is -0.776. The lowest BCUT2D eigenvalue weighted by atomic mass is 10.0. The summed E-state index contributed by atoms with van der Waals surface area (Å²) in [6.45, 7) is 6.47. The molecule has 0 aliphatic rings. The van der Waals surface area contributed by atoms with Crippen molar-refractivity contribution < 1.29 is 24.5 Å². The number of hydrogen-bond donors (Lipinski definition) is 3. The molecule has 0 heterocycles. The quantitative estimate of drug-likeness (QED) is 0.0426. The number of aliphatic hydroxyl groups is 2. The summed E-state index contributed by atoms with van der Waals surface area (Å²) in [7, 11) is 0. The molecule has 316 valence electrons. The van der Waals surface area contributed by atoms with Crippen molar-refractivity contribution in [3.8, 4) is 0 Å². The fraction of sp³-hybridized carbons (Fsp3) is 0.957. The van der Waals surface area contributed by atoms with Crippen molar-refractivity contribution in [1.82, 2.24) is 5.32 Å². The van der Waals surface area contributed by atoms with Crippen molar-refractivity contribution in [2.75, 3.05) is 6.61 Å². The highest BCUT2D eigenvalue weighted by molar-refractivity contribution is 5.77. The van der Waals surface area contributed by atoms with Gasteiger partial charge in [0.2, 0.25) is 5.91 Å². The number of aliphatic hydroxyl groups excluding tert-OH is 2. The zero-order valence-electron chi connectivity index (χ0n) is 35.9. The van der Waals surface area contributed by atoms with Gasteiger partial charge in [0.1, 0.15) is 6.10 Å². The Labute approximate surface area is 330 Å². The summed E-state index contributed by atoms with van der Waals surface area (Å²) in [5, 5.41) is 23.6. The number of unbranched alkanes of at least 4 members (excludes halogenated alkanes) is 31. The average Bonchev–Trinajstić information content (AvgIpc) is 3.15. The smallest absolute Gasteiger partial charge is 0.306 e. The van der Waals surface area contributed by atoms with E-state index >= 15 is 0 Å². The second kappa shape index (κ2) is 42.0. The topological polar surface area (TPSA) is 95.9 Å². The maximum absolute atomic E-state index is 13.1. The Bertz CT molecular complexity index is 761. The summed E-state index contributed by atoms with van der Waals surface area (Å²) < 4.78 is 5.90. The Balaban J connectivity index is 4.45. The lowest BCUT2D eigenvalue weighted by Gasteiger charge is -2.24. The second-order valence-electron chi connectivity index (χ2n) is 16.5. The monoisotopic (exact) mass is 752 g/mol. The molecule has 0 aliphatic heterocycles. The van der Waals surface area contributed by atoms with E-state index in [0.717, 1.165) is 38.5 Å². The molecule has 0 spiro atoms. The van der Waals surface area contributed by atoms with Gasteiger partial charge in [-0.1, -0.05) is 226 Å². The third-order valence-corrected chi connectivity index (χ3v) is 11.2. The number of amides is 1. The molecule has 0 radical (unpaired) electrons. The van der Waals surface area contributed by atoms with Gasteiger partial charge in [0, 0.05) is 6.42 Å². The maximum Gasteiger partial charge on any atom is 0.306 e. The Morgan fingerprint density at radius 3 is 1.15 bits per heavy atom. The Morgan fingerprint density at radius 2 is 0.792 bits per heavy atom. The van der Waals surface area contributed by atoms with Gasteiger partial charge >= 0.3 is 5.97 Å². The number of ether oxygens (including phenoxy) is 1. The highest BCUT2D eigenvalue weighted by Crippen LogP contribution is 2.18. The fourth-order valence-corrected chi connectivity index (χ4v) is 7.55. The van der Waals surface area contributed by atoms with Gasteiger partial charge in [0.25, 0.3) is 0 Å². The van der Waals surface area contributed by atoms with Crippen molar-refractivity contribution >= 4 is 11.9 Å². The van der Waals surface area contributed by atoms with Gasteiger partial charge in [0.15, 0.2) is 0 Å². The van der Waals surface area contributed by atoms with Crippen LogP contribution in [0, 0.1) is 0 Å². The van der Waals surface area contributed by atoms with Crippen LogP contribution in [0.25, 0.3) is 0 Å². The summed E-state index contributed by atoms with van der Waals surface area (Å²) >= 11 is 0. The van der Waals surface area contributed by atoms with Crippen LogP contribution in [0.2, 0.25) is 0 Å². The van der Waals surface area contributed by atoms with E-state index in [2.05, 4.69) is 26.1 Å². The van der Waals surface area contributed by atoms with Gasteiger partial charge in [-0.25, -0.2) is 0 Å². The van der Waals surface area contributed by atoms with E-state index in [4.69, 9.17) is 4.74 Å². The summed E-state index contributed by atoms with van der Waals surface area (Å²) in [6.07, 6.45) is 43.1. The molecule has 6 heteroatoms. The molecule has 3 N–H and O–H groups in total. The molecule has 0 saturated carbocycles. The van der Waals surface area contributed by atoms with Crippen LogP contribution in [0.3, 0.4) is 0 Å². The van der Waals surface area contributed by atoms with Crippen LogP contribution in [0.4, 0.5) is 0 Å². The van der Waals surface area contributed by atoms with E-state index in [9.17, 15) is 19.8 Å². The predicted molar refractivity (Wildman–Crippen MR) is 227 cm³/mol. The van der Waals surface area contributed by atoms with Crippen LogP contribution < -0.4 is 5.32 Å². The third-order valence-electron chi connectivity index (χ3n) is 11.2. The minimum Gasteiger partial charge on any atom is -0.462 e. The largest absolute Gasteiger partial charge is 0.462 e. The van der Waals surface area contributed by atoms with Gasteiger partial charge < -0.3 is 20.3 Å². The number of rotatable bonds is 43. The van der Waals surface area contributed by atoms with Crippen LogP contribution in [-0.2, 0) is 14.3 Å². The van der Waals surface area contributed by atoms with Crippen molar-refractivity contribution in [1.29, 1.82) is 0 Å². The third kappa shape index (κ3) is 37.6. The van der Waals surface area contributed by atoms with Crippen LogP contribution >= 0.6 is 0 Å². The first-order chi connectivity index (χ1) is 26.0. The van der Waals surface area contributed by atoms with E-state index in [1.165, 1.54) is 180 Å². The zero-order valence-corrected chi connectivity index (χ0v) is 35.9. The molecule has 0 aromatic carbocycles. The van der Waals surface area contributed by atoms with Crippen LogP contribution in [0.5, 0.6) is 0 Å². The van der Waals surface area contributed by atoms with Gasteiger partial charge in [-0.3, -0.25) is 9.59 Å². The number of nitrogens with one attached hydrogen (secondary N) is 1. The van der Waals surface area contributed by atoms with Gasteiger partial charge in [-0.2, -0.15) is 0 Å². The zero-order chi connectivity index (χ0) is 38.9. The molecule has 0 aromatic rings. The lowest BCUT2D eigenvalue weighted by Crippen LogP contribution is -2.46. The molecular weight excluding hydrogens is 659 g/mol. The SMILES string of the molecule is CCCCCCCCCCCCCCCCCC(=O)OC(CCCCCCCCCCC)CC(=O)NC(CO)C(O)CCCCCCCCCCCC. The molecule has 0 bridgehead atoms. The van der Waals surface area contributed by atoms with Crippen LogP contribution in [0.1, 0.15) is 265 Å². The van der Waals surface area contributed by atoms with Crippen molar-refractivity contribution in [3.05, 3.63) is 0 Å². The summed E-state index contributed by atoms with van der Waals surface area (Å²) in [4.78, 5) is 25.9. The van der Waals surface area contributed by atoms with E-state index in [1.54, 1.807) is 0 Å². The maximum atomic E-state index is 13.1. The first kappa shape index (κ1) is 51.9. The normalized spacial score (nSPS) is 13.2. The molecule has 3 atom stereocenters. The van der Waals surface area contributed by atoms with Gasteiger partial charge in [0.05, 0.1) is 25.2 Å². The molecule has 0 aliphatic carbocycles. The van der Waals surface area contributed by atoms with Gasteiger partial charge in [-0.15, -0.1) is 0 Å². The summed E-state index contributed by atoms with van der Waals surface area (Å²) in [5.41, 5.74) is 0. The van der Waals surface area contributed by atoms with Gasteiger partial charge in [-0.05, 0) is 25.7 Å². The van der Waals surface area contributed by atoms with Crippen molar-refractivity contribution in [2.45, 2.75) is 283 Å². The Hall–Kier alpha value is -1.14. The van der Waals surface area contributed by atoms with Crippen molar-refractivity contribution in [2.24, 2.45) is 0 Å². The van der Waals surface area contributed by atoms with E-state index in [-0.39, 0.29) is 24.9 Å². The molecule has 0 rings (SSSR count). The highest BCUT2D eigenvalue weighted by atomic mass is 16.5. The van der Waals surface area contributed by atoms with Crippen molar-refractivity contribution in [3.63, 3.8) is 0 Å². The molecule has 0 saturated heterocycles. The first-order valence-electron chi connectivity index (χ1n) is 23.8. The minimum absolute atomic E-state index is 0.0864. The summed E-state index contributed by atoms with van der Waals surface area (Å²) in [6, 6.07) is -0.689. The highest BCUT2D eigenvalue weighted by Gasteiger charge is 2.24. The van der Waals surface area contributed by atoms with E-state index in [0.29, 0.717) is 19.3 Å². The molecule has 0 fully saturated rings. The predicted octanol–water partition coefficient (Wildman–Crippen LogP) is 13.6. The molecule has 53 heavy (non-hydrogen) atoms. The van der Waals surface area contributed by atoms with E-state index in [1.807, 2.05) is 0 Å². The van der Waals surface area contributed by atoms with E-state index < -0.39 is 18.2 Å².